The van der Waals surface area contributed by atoms with Gasteiger partial charge in [0.25, 0.3) is 0 Å². The smallest absolute Gasteiger partial charge is 0.226 e. The van der Waals surface area contributed by atoms with Crippen LogP contribution in [-0.4, -0.2) is 25.5 Å². The van der Waals surface area contributed by atoms with Crippen molar-refractivity contribution in [2.75, 3.05) is 5.32 Å². The number of hydrogen-bond acceptors (Lipinski definition) is 3. The van der Waals surface area contributed by atoms with E-state index in [0.29, 0.717) is 19.5 Å². The van der Waals surface area contributed by atoms with E-state index >= 15 is 0 Å². The summed E-state index contributed by atoms with van der Waals surface area (Å²) in [5, 5.41) is 11.8. The Bertz CT molecular complexity index is 957. The van der Waals surface area contributed by atoms with Crippen molar-refractivity contribution in [2.24, 2.45) is 0 Å². The summed E-state index contributed by atoms with van der Waals surface area (Å²) in [6.07, 6.45) is 2.25. The van der Waals surface area contributed by atoms with Gasteiger partial charge < -0.3 is 5.32 Å². The summed E-state index contributed by atoms with van der Waals surface area (Å²) in [7, 11) is 0. The minimum atomic E-state index is -0.0368. The van der Waals surface area contributed by atoms with Crippen LogP contribution in [0.25, 0.3) is 0 Å². The molecule has 0 atom stereocenters. The molecule has 1 amide bonds. The fraction of sp³-hybridized carbons (Fsp3) is 0.316. The van der Waals surface area contributed by atoms with E-state index in [2.05, 4.69) is 47.4 Å². The van der Waals surface area contributed by atoms with Crippen molar-refractivity contribution in [3.8, 4) is 0 Å². The van der Waals surface area contributed by atoms with Gasteiger partial charge in [0, 0.05) is 24.8 Å². The number of benzene rings is 1. The van der Waals surface area contributed by atoms with E-state index in [1.165, 1.54) is 0 Å². The lowest BCUT2D eigenvalue weighted by Crippen LogP contribution is -2.15. The summed E-state index contributed by atoms with van der Waals surface area (Å²) in [5.74, 6) is -0.0368. The molecule has 0 spiro atoms. The van der Waals surface area contributed by atoms with Crippen LogP contribution in [0.3, 0.4) is 0 Å². The minimum Gasteiger partial charge on any atom is -0.326 e. The summed E-state index contributed by atoms with van der Waals surface area (Å²) in [6, 6.07) is 7.85. The van der Waals surface area contributed by atoms with Crippen molar-refractivity contribution >= 4 is 43.5 Å². The average molecular weight is 495 g/mol. The van der Waals surface area contributed by atoms with Crippen LogP contribution in [0.4, 0.5) is 5.69 Å². The van der Waals surface area contributed by atoms with Crippen LogP contribution in [0, 0.1) is 20.8 Å². The molecule has 142 valence electrons. The van der Waals surface area contributed by atoms with Gasteiger partial charge in [-0.3, -0.25) is 14.2 Å². The highest BCUT2D eigenvalue weighted by molar-refractivity contribution is 9.10. The molecular formula is C19H21Br2N5O. The Morgan fingerprint density at radius 3 is 2.56 bits per heavy atom. The van der Waals surface area contributed by atoms with Crippen LogP contribution in [-0.2, 0) is 17.9 Å². The van der Waals surface area contributed by atoms with Gasteiger partial charge in [0.2, 0.25) is 5.91 Å². The Morgan fingerprint density at radius 1 is 1.15 bits per heavy atom. The standard InChI is InChI=1S/C19H21Br2N5O/c1-12-17(20)11-25(23-12)8-7-18(27)22-16-6-4-5-15(9-16)10-26-14(3)19(21)13(2)24-26/h4-6,9,11H,7-8,10H2,1-3H3,(H,22,27). The lowest BCUT2D eigenvalue weighted by atomic mass is 10.2. The Balaban J connectivity index is 1.61. The Labute approximate surface area is 175 Å². The van der Waals surface area contributed by atoms with E-state index in [9.17, 15) is 4.79 Å². The van der Waals surface area contributed by atoms with E-state index < -0.39 is 0 Å². The van der Waals surface area contributed by atoms with Gasteiger partial charge in [0.05, 0.1) is 32.6 Å². The van der Waals surface area contributed by atoms with Gasteiger partial charge in [-0.05, 0) is 70.3 Å². The summed E-state index contributed by atoms with van der Waals surface area (Å²) in [4.78, 5) is 12.3. The van der Waals surface area contributed by atoms with E-state index in [1.54, 1.807) is 4.68 Å². The van der Waals surface area contributed by atoms with Crippen LogP contribution in [0.1, 0.15) is 29.1 Å². The summed E-state index contributed by atoms with van der Waals surface area (Å²) in [5.41, 5.74) is 4.84. The Kier molecular flexibility index (Phi) is 6.16. The van der Waals surface area contributed by atoms with Crippen molar-refractivity contribution in [3.05, 3.63) is 62.1 Å². The molecule has 1 aromatic carbocycles. The molecule has 0 saturated carbocycles. The number of nitrogens with zero attached hydrogens (tertiary/aromatic N) is 4. The topological polar surface area (TPSA) is 64.7 Å². The van der Waals surface area contributed by atoms with Crippen molar-refractivity contribution < 1.29 is 4.79 Å². The molecule has 27 heavy (non-hydrogen) atoms. The van der Waals surface area contributed by atoms with E-state index in [1.807, 2.05) is 55.9 Å². The molecule has 1 N–H and O–H groups in total. The SMILES string of the molecule is Cc1nn(CCC(=O)Nc2cccc(Cn3nc(C)c(Br)c3C)c2)cc1Br. The highest BCUT2D eigenvalue weighted by Gasteiger charge is 2.10. The summed E-state index contributed by atoms with van der Waals surface area (Å²) < 4.78 is 5.72. The number of carbonyl (C=O) groups excluding carboxylic acids is 1. The number of hydrogen-bond donors (Lipinski definition) is 1. The van der Waals surface area contributed by atoms with E-state index in [0.717, 1.165) is 37.3 Å². The van der Waals surface area contributed by atoms with Gasteiger partial charge in [-0.25, -0.2) is 0 Å². The molecule has 2 aromatic heterocycles. The molecule has 0 aliphatic carbocycles. The molecule has 6 nitrogen and oxygen atoms in total. The van der Waals surface area contributed by atoms with Crippen molar-refractivity contribution in [3.63, 3.8) is 0 Å². The molecule has 0 saturated heterocycles. The molecule has 0 unspecified atom stereocenters. The molecule has 3 rings (SSSR count). The van der Waals surface area contributed by atoms with Crippen LogP contribution >= 0.6 is 31.9 Å². The molecule has 0 bridgehead atoms. The third-order valence-corrected chi connectivity index (χ3v) is 6.22. The first-order chi connectivity index (χ1) is 12.8. The minimum absolute atomic E-state index is 0.0368. The largest absolute Gasteiger partial charge is 0.326 e. The van der Waals surface area contributed by atoms with Crippen molar-refractivity contribution in [2.45, 2.75) is 40.3 Å². The lowest BCUT2D eigenvalue weighted by Gasteiger charge is -2.09. The number of anilines is 1. The Hall–Kier alpha value is -1.93. The average Bonchev–Trinajstić information content (AvgIpc) is 3.07. The number of amides is 1. The zero-order valence-corrected chi connectivity index (χ0v) is 18.6. The predicted octanol–water partition coefficient (Wildman–Crippen LogP) is 4.61. The number of halogens is 2. The fourth-order valence-corrected chi connectivity index (χ4v) is 3.40. The normalized spacial score (nSPS) is 11.0. The highest BCUT2D eigenvalue weighted by Crippen LogP contribution is 2.21. The first-order valence-corrected chi connectivity index (χ1v) is 10.2. The number of rotatable bonds is 6. The second kappa shape index (κ2) is 8.39. The van der Waals surface area contributed by atoms with E-state index in [4.69, 9.17) is 0 Å². The number of nitrogens with one attached hydrogen (secondary N) is 1. The number of aryl methyl sites for hydroxylation is 3. The lowest BCUT2D eigenvalue weighted by molar-refractivity contribution is -0.116. The molecule has 8 heteroatoms. The zero-order chi connectivity index (χ0) is 19.6. The second-order valence-corrected chi connectivity index (χ2v) is 8.11. The monoisotopic (exact) mass is 493 g/mol. The molecular weight excluding hydrogens is 474 g/mol. The van der Waals surface area contributed by atoms with Crippen molar-refractivity contribution in [1.29, 1.82) is 0 Å². The number of carbonyl (C=O) groups is 1. The van der Waals surface area contributed by atoms with Gasteiger partial charge in [-0.1, -0.05) is 12.1 Å². The predicted molar refractivity (Wildman–Crippen MR) is 113 cm³/mol. The maximum Gasteiger partial charge on any atom is 0.226 e. The molecule has 0 radical (unpaired) electrons. The van der Waals surface area contributed by atoms with Crippen LogP contribution in [0.5, 0.6) is 0 Å². The summed E-state index contributed by atoms with van der Waals surface area (Å²) >= 11 is 6.98. The summed E-state index contributed by atoms with van der Waals surface area (Å²) in [6.45, 7) is 7.13. The molecule has 0 fully saturated rings. The van der Waals surface area contributed by atoms with Gasteiger partial charge >= 0.3 is 0 Å². The van der Waals surface area contributed by atoms with Gasteiger partial charge in [-0.2, -0.15) is 10.2 Å². The molecule has 3 aromatic rings. The first-order valence-electron chi connectivity index (χ1n) is 8.61. The van der Waals surface area contributed by atoms with Gasteiger partial charge in [0.1, 0.15) is 0 Å². The van der Waals surface area contributed by atoms with Gasteiger partial charge in [0.15, 0.2) is 0 Å². The van der Waals surface area contributed by atoms with Crippen LogP contribution < -0.4 is 5.32 Å². The third kappa shape index (κ3) is 4.87. The maximum atomic E-state index is 12.3. The van der Waals surface area contributed by atoms with E-state index in [-0.39, 0.29) is 5.91 Å². The van der Waals surface area contributed by atoms with Crippen LogP contribution in [0.15, 0.2) is 39.4 Å². The number of aromatic nitrogens is 4. The first kappa shape index (κ1) is 19.8. The van der Waals surface area contributed by atoms with Gasteiger partial charge in [-0.15, -0.1) is 0 Å². The third-order valence-electron chi connectivity index (χ3n) is 4.29. The molecule has 0 aliphatic rings. The quantitative estimate of drug-likeness (QED) is 0.544. The molecule has 0 aliphatic heterocycles. The zero-order valence-electron chi connectivity index (χ0n) is 15.5. The Morgan fingerprint density at radius 2 is 1.93 bits per heavy atom. The second-order valence-electron chi connectivity index (χ2n) is 6.47. The highest BCUT2D eigenvalue weighted by atomic mass is 79.9. The molecule has 2 heterocycles. The van der Waals surface area contributed by atoms with Crippen molar-refractivity contribution in [1.82, 2.24) is 19.6 Å². The van der Waals surface area contributed by atoms with Crippen LogP contribution in [0.2, 0.25) is 0 Å². The fourth-order valence-electron chi connectivity index (χ4n) is 2.80. The maximum absolute atomic E-state index is 12.3.